The Morgan fingerprint density at radius 3 is 2.08 bits per heavy atom. The zero-order chi connectivity index (χ0) is 29.8. The molecule has 180 valence electrons. The highest BCUT2D eigenvalue weighted by Crippen LogP contribution is 2.37. The minimum absolute atomic E-state index is 0.302. The molecule has 0 aromatic carbocycles. The van der Waals surface area contributed by atoms with E-state index in [2.05, 4.69) is 62.0 Å². The van der Waals surface area contributed by atoms with Crippen molar-refractivity contribution in [3.63, 3.8) is 0 Å². The van der Waals surface area contributed by atoms with E-state index in [0.29, 0.717) is 51.5 Å². The zero-order valence-corrected chi connectivity index (χ0v) is 25.0. The molecule has 4 unspecified atom stereocenters. The van der Waals surface area contributed by atoms with Gasteiger partial charge in [0.1, 0.15) is 14.9 Å². The van der Waals surface area contributed by atoms with E-state index in [1.54, 1.807) is 6.92 Å². The topological polar surface area (TPSA) is 6.25 Å². The minimum atomic E-state index is -0.972. The van der Waals surface area contributed by atoms with Gasteiger partial charge in [-0.2, -0.15) is 0 Å². The van der Waals surface area contributed by atoms with Crippen LogP contribution in [0.25, 0.3) is 0 Å². The molecule has 0 aromatic heterocycles. The van der Waals surface area contributed by atoms with Crippen molar-refractivity contribution in [2.24, 2.45) is 11.8 Å². The molecule has 2 rings (SSSR count). The van der Waals surface area contributed by atoms with Crippen LogP contribution in [0.4, 0.5) is 0 Å². The van der Waals surface area contributed by atoms with Gasteiger partial charge in [0, 0.05) is 88.0 Å². The third-order valence-corrected chi connectivity index (χ3v) is 8.69. The fraction of sp³-hybridized carbons (Fsp3) is 0.519. The van der Waals surface area contributed by atoms with Gasteiger partial charge in [-0.25, -0.2) is 4.58 Å². The molecule has 12 heteroatoms. The average molecular weight is 494 g/mol. The van der Waals surface area contributed by atoms with Gasteiger partial charge in [0.25, 0.3) is 0 Å². The lowest BCUT2D eigenvalue weighted by Crippen LogP contribution is -2.34. The highest BCUT2D eigenvalue weighted by atomic mass is 15.2. The Kier molecular flexibility index (Phi) is 12.2. The lowest BCUT2D eigenvalue weighted by atomic mass is 9.02. The van der Waals surface area contributed by atoms with Crippen molar-refractivity contribution in [2.45, 2.75) is 66.5 Å². The molecular formula is C27H33B10N2+. The predicted molar refractivity (Wildman–Crippen MR) is 179 cm³/mol. The molecule has 2 aliphatic heterocycles. The van der Waals surface area contributed by atoms with Gasteiger partial charge in [0.05, 0.1) is 20.2 Å². The van der Waals surface area contributed by atoms with Gasteiger partial charge in [-0.05, 0) is 45.5 Å². The quantitative estimate of drug-likeness (QED) is 0.211. The molecule has 0 amide bonds. The first kappa shape index (κ1) is 33.4. The second-order valence-electron chi connectivity index (χ2n) is 10.9. The van der Waals surface area contributed by atoms with Crippen LogP contribution < -0.4 is 0 Å². The summed E-state index contributed by atoms with van der Waals surface area (Å²) in [5, 5.41) is 0. The number of likely N-dealkylation sites (tertiary alicyclic amines) is 1. The minimum Gasteiger partial charge on any atom is -0.375 e. The monoisotopic (exact) mass is 495 g/mol. The smallest absolute Gasteiger partial charge is 0.169 e. The summed E-state index contributed by atoms with van der Waals surface area (Å²) in [6.07, 6.45) is 7.83. The molecular weight excluding hydrogens is 460 g/mol. The molecule has 4 atom stereocenters. The van der Waals surface area contributed by atoms with Crippen molar-refractivity contribution >= 4 is 79.5 Å². The van der Waals surface area contributed by atoms with E-state index < -0.39 is 13.0 Å². The summed E-state index contributed by atoms with van der Waals surface area (Å²) in [7, 11) is 45.5. The molecule has 0 aliphatic carbocycles. The molecule has 2 heterocycles. The van der Waals surface area contributed by atoms with E-state index in [9.17, 15) is 0 Å². The van der Waals surface area contributed by atoms with Gasteiger partial charge in [0.2, 0.25) is 0 Å². The third-order valence-electron chi connectivity index (χ3n) is 8.69. The molecule has 14 radical (unpaired) electrons. The number of terminal acetylenes is 1. The van der Waals surface area contributed by atoms with Crippen molar-refractivity contribution in [1.29, 1.82) is 0 Å². The first-order chi connectivity index (χ1) is 18.3. The summed E-state index contributed by atoms with van der Waals surface area (Å²) >= 11 is 0. The average Bonchev–Trinajstić information content (AvgIpc) is 3.31. The van der Waals surface area contributed by atoms with Gasteiger partial charge in [-0.15, -0.1) is 12.3 Å². The maximum atomic E-state index is 6.75. The molecule has 0 N–H and O–H groups in total. The largest absolute Gasteiger partial charge is 0.375 e. The molecule has 1 saturated heterocycles. The van der Waals surface area contributed by atoms with Crippen molar-refractivity contribution in [3.8, 4) is 24.2 Å². The highest BCUT2D eigenvalue weighted by molar-refractivity contribution is 7.49. The van der Waals surface area contributed by atoms with Crippen LogP contribution in [0.3, 0.4) is 0 Å². The van der Waals surface area contributed by atoms with E-state index >= 15 is 0 Å². The number of rotatable bonds is 8. The molecule has 2 nitrogen and oxygen atoms in total. The van der Waals surface area contributed by atoms with Crippen LogP contribution in [0.1, 0.15) is 54.4 Å². The summed E-state index contributed by atoms with van der Waals surface area (Å²) in [4.78, 5) is 2.22. The summed E-state index contributed by atoms with van der Waals surface area (Å²) in [5.41, 5.74) is 6.27. The Labute approximate surface area is 249 Å². The fourth-order valence-corrected chi connectivity index (χ4v) is 5.61. The standard InChI is InChI=1S/C27H33B10N2/c1-10-12-21(27(37(33)35-30)23-14-16(4)19(7)39(23)9)26(36(31)32)20(11-2)25(34-29)17(5)24(28)22-13-15(3)18(6)38(22)8/h2,15-16,18-19H,13-14H2,1,3-9H3/q+1. The molecule has 1 fully saturated rings. The molecule has 0 saturated carbocycles. The van der Waals surface area contributed by atoms with Crippen LogP contribution in [-0.2, 0) is 0 Å². The van der Waals surface area contributed by atoms with Gasteiger partial charge in [-0.3, -0.25) is 0 Å². The molecule has 0 bridgehead atoms. The Balaban J connectivity index is 3.03. The van der Waals surface area contributed by atoms with Crippen molar-refractivity contribution in [3.05, 3.63) is 44.3 Å². The van der Waals surface area contributed by atoms with E-state index in [-0.39, 0.29) is 0 Å². The number of hydrogen-bond donors (Lipinski definition) is 0. The maximum absolute atomic E-state index is 6.75. The third kappa shape index (κ3) is 6.75. The van der Waals surface area contributed by atoms with Crippen LogP contribution in [0.15, 0.2) is 44.3 Å². The SMILES string of the molecule is [B][B]B([B])C(/C(C#CC)=C(B([B])[B])/C(C#C)=C([B][B])/C(C)=C(\[B])C1=[N+](C)C(C)C(C)C1)=C1/CC(C)C(C)N1C. The number of nitrogens with zero attached hydrogens (tertiary/aromatic N) is 2. The Hall–Kier alpha value is -1.80. The summed E-state index contributed by atoms with van der Waals surface area (Å²) in [6, 6.07) is 0.667. The van der Waals surface area contributed by atoms with Gasteiger partial charge < -0.3 is 4.90 Å². The van der Waals surface area contributed by atoms with E-state index in [0.717, 1.165) is 35.3 Å². The van der Waals surface area contributed by atoms with Crippen molar-refractivity contribution in [2.75, 3.05) is 14.1 Å². The maximum Gasteiger partial charge on any atom is 0.169 e. The zero-order valence-electron chi connectivity index (χ0n) is 25.0. The highest BCUT2D eigenvalue weighted by Gasteiger charge is 2.35. The Morgan fingerprint density at radius 2 is 1.69 bits per heavy atom. The lowest BCUT2D eigenvalue weighted by Gasteiger charge is -2.29. The van der Waals surface area contributed by atoms with E-state index in [4.69, 9.17) is 53.0 Å². The van der Waals surface area contributed by atoms with Crippen LogP contribution in [0, 0.1) is 36.0 Å². The summed E-state index contributed by atoms with van der Waals surface area (Å²) < 4.78 is 2.21. The number of hydrogen-bond acceptors (Lipinski definition) is 1. The normalized spacial score (nSPS) is 26.0. The first-order valence-corrected chi connectivity index (χ1v) is 13.6. The van der Waals surface area contributed by atoms with Gasteiger partial charge in [-0.1, -0.05) is 47.7 Å². The van der Waals surface area contributed by atoms with Crippen LogP contribution in [0.5, 0.6) is 0 Å². The molecule has 0 aromatic rings. The second-order valence-corrected chi connectivity index (χ2v) is 10.9. The second kappa shape index (κ2) is 14.2. The lowest BCUT2D eigenvalue weighted by molar-refractivity contribution is -0.530. The van der Waals surface area contributed by atoms with Crippen LogP contribution in [0.2, 0.25) is 0 Å². The van der Waals surface area contributed by atoms with E-state index in [1.807, 2.05) is 14.0 Å². The van der Waals surface area contributed by atoms with Crippen LogP contribution >= 0.6 is 0 Å². The summed E-state index contributed by atoms with van der Waals surface area (Å²) in [6.45, 7) is 10.9. The van der Waals surface area contributed by atoms with Crippen molar-refractivity contribution < 1.29 is 4.58 Å². The van der Waals surface area contributed by atoms with E-state index in [1.165, 1.54) is 14.2 Å². The van der Waals surface area contributed by atoms with Gasteiger partial charge in [0.15, 0.2) is 11.8 Å². The molecule has 0 spiro atoms. The predicted octanol–water partition coefficient (Wildman–Crippen LogP) is 0.898. The Bertz CT molecular complexity index is 1230. The van der Waals surface area contributed by atoms with Crippen molar-refractivity contribution in [1.82, 2.24) is 4.90 Å². The number of allylic oxidation sites excluding steroid dienone is 8. The van der Waals surface area contributed by atoms with Crippen LogP contribution in [-0.4, -0.2) is 115 Å². The van der Waals surface area contributed by atoms with Gasteiger partial charge >= 0.3 is 0 Å². The summed E-state index contributed by atoms with van der Waals surface area (Å²) in [5.74, 6) is 9.92. The Morgan fingerprint density at radius 1 is 1.08 bits per heavy atom. The fourth-order valence-electron chi connectivity index (χ4n) is 5.61. The first-order valence-electron chi connectivity index (χ1n) is 13.6. The molecule has 39 heavy (non-hydrogen) atoms. The molecule has 2 aliphatic rings.